The molecular formula is C19H21BrN4O. The molecule has 1 aliphatic rings. The van der Waals surface area contributed by atoms with Gasteiger partial charge in [-0.3, -0.25) is 14.7 Å². The van der Waals surface area contributed by atoms with Crippen LogP contribution in [0.3, 0.4) is 0 Å². The molecule has 1 aliphatic heterocycles. The predicted octanol–water partition coefficient (Wildman–Crippen LogP) is 3.21. The highest BCUT2D eigenvalue weighted by Crippen LogP contribution is 2.20. The molecule has 2 heterocycles. The van der Waals surface area contributed by atoms with E-state index in [1.807, 2.05) is 12.1 Å². The van der Waals surface area contributed by atoms with E-state index in [0.717, 1.165) is 42.5 Å². The zero-order valence-electron chi connectivity index (χ0n) is 13.9. The number of carbonyl (C=O) groups is 1. The molecule has 0 spiro atoms. The normalized spacial score (nSPS) is 16.2. The lowest BCUT2D eigenvalue weighted by atomic mass is 9.96. The Labute approximate surface area is 156 Å². The molecule has 5 nitrogen and oxygen atoms in total. The fraction of sp³-hybridized carbons (Fsp3) is 0.316. The van der Waals surface area contributed by atoms with Crippen LogP contribution in [0.25, 0.3) is 0 Å². The number of benzene rings is 1. The number of halogens is 1. The number of nitrogens with zero attached hydrogens (tertiary/aromatic N) is 3. The third-order valence-electron chi connectivity index (χ3n) is 4.37. The van der Waals surface area contributed by atoms with Crippen LogP contribution in [0.4, 0.5) is 0 Å². The van der Waals surface area contributed by atoms with E-state index in [9.17, 15) is 4.79 Å². The number of piperidine rings is 1. The average molecular weight is 401 g/mol. The van der Waals surface area contributed by atoms with Gasteiger partial charge in [0, 0.05) is 29.3 Å². The molecule has 6 heteroatoms. The number of hydrogen-bond acceptors (Lipinski definition) is 4. The lowest BCUT2D eigenvalue weighted by Crippen LogP contribution is -2.39. The largest absolute Gasteiger partial charge is 0.299 e. The van der Waals surface area contributed by atoms with Crippen molar-refractivity contribution < 1.29 is 4.79 Å². The van der Waals surface area contributed by atoms with Crippen molar-refractivity contribution in [3.05, 3.63) is 64.4 Å². The number of rotatable bonds is 5. The van der Waals surface area contributed by atoms with Gasteiger partial charge in [0.25, 0.3) is 0 Å². The maximum absolute atomic E-state index is 12.2. The first-order chi connectivity index (χ1) is 12.2. The number of aromatic nitrogens is 1. The van der Waals surface area contributed by atoms with Gasteiger partial charge in [-0.1, -0.05) is 28.1 Å². The van der Waals surface area contributed by atoms with Crippen molar-refractivity contribution in [3.8, 4) is 0 Å². The minimum Gasteiger partial charge on any atom is -0.299 e. The molecule has 0 unspecified atom stereocenters. The van der Waals surface area contributed by atoms with Gasteiger partial charge >= 0.3 is 0 Å². The zero-order valence-corrected chi connectivity index (χ0v) is 15.5. The molecule has 0 radical (unpaired) electrons. The van der Waals surface area contributed by atoms with Crippen LogP contribution in [-0.2, 0) is 11.3 Å². The lowest BCUT2D eigenvalue weighted by Gasteiger charge is -2.30. The van der Waals surface area contributed by atoms with Crippen LogP contribution < -0.4 is 5.43 Å². The smallest absolute Gasteiger partial charge is 0.243 e. The molecule has 1 aromatic heterocycles. The van der Waals surface area contributed by atoms with Gasteiger partial charge in [-0.05, 0) is 61.3 Å². The summed E-state index contributed by atoms with van der Waals surface area (Å²) in [5.74, 6) is 0.0457. The summed E-state index contributed by atoms with van der Waals surface area (Å²) < 4.78 is 1.10. The molecule has 1 aromatic carbocycles. The van der Waals surface area contributed by atoms with E-state index >= 15 is 0 Å². The van der Waals surface area contributed by atoms with E-state index in [0.29, 0.717) is 0 Å². The van der Waals surface area contributed by atoms with E-state index in [1.54, 1.807) is 18.6 Å². The first-order valence-electron chi connectivity index (χ1n) is 8.40. The summed E-state index contributed by atoms with van der Waals surface area (Å²) in [6.07, 6.45) is 6.77. The van der Waals surface area contributed by atoms with Crippen molar-refractivity contribution in [1.29, 1.82) is 0 Å². The third-order valence-corrected chi connectivity index (χ3v) is 4.90. The van der Waals surface area contributed by atoms with Gasteiger partial charge in [-0.25, -0.2) is 5.43 Å². The Kier molecular flexibility index (Phi) is 6.30. The van der Waals surface area contributed by atoms with Crippen molar-refractivity contribution in [3.63, 3.8) is 0 Å². The van der Waals surface area contributed by atoms with Crippen LogP contribution >= 0.6 is 15.9 Å². The predicted molar refractivity (Wildman–Crippen MR) is 102 cm³/mol. The van der Waals surface area contributed by atoms with E-state index in [4.69, 9.17) is 0 Å². The Morgan fingerprint density at radius 3 is 2.56 bits per heavy atom. The number of hydrazone groups is 1. The second-order valence-electron chi connectivity index (χ2n) is 6.19. The molecule has 0 saturated carbocycles. The summed E-state index contributed by atoms with van der Waals surface area (Å²) in [4.78, 5) is 18.6. The number of carbonyl (C=O) groups excluding carboxylic acids is 1. The molecule has 0 atom stereocenters. The van der Waals surface area contributed by atoms with E-state index < -0.39 is 0 Å². The molecule has 1 fully saturated rings. The summed E-state index contributed by atoms with van der Waals surface area (Å²) in [6, 6.07) is 12.1. The van der Waals surface area contributed by atoms with Crippen LogP contribution in [0, 0.1) is 5.92 Å². The maximum Gasteiger partial charge on any atom is 0.243 e. The highest BCUT2D eigenvalue weighted by molar-refractivity contribution is 9.10. The minimum absolute atomic E-state index is 0.00796. The first kappa shape index (κ1) is 17.8. The molecule has 0 aliphatic carbocycles. The molecule has 1 saturated heterocycles. The number of nitrogens with one attached hydrogen (secondary N) is 1. The van der Waals surface area contributed by atoms with Gasteiger partial charge in [0.15, 0.2) is 0 Å². The SMILES string of the molecule is O=C(N/N=C/c1ccncc1)C1CCN(Cc2ccc(Br)cc2)CC1. The summed E-state index contributed by atoms with van der Waals surface area (Å²) in [6.45, 7) is 2.80. The Hall–Kier alpha value is -2.05. The summed E-state index contributed by atoms with van der Waals surface area (Å²) >= 11 is 3.46. The van der Waals surface area contributed by atoms with E-state index in [1.165, 1.54) is 5.56 Å². The zero-order chi connectivity index (χ0) is 17.5. The number of amides is 1. The molecular weight excluding hydrogens is 380 g/mol. The van der Waals surface area contributed by atoms with Crippen molar-refractivity contribution in [1.82, 2.24) is 15.3 Å². The minimum atomic E-state index is 0.00796. The van der Waals surface area contributed by atoms with Crippen LogP contribution in [-0.4, -0.2) is 35.1 Å². The lowest BCUT2D eigenvalue weighted by molar-refractivity contribution is -0.126. The Morgan fingerprint density at radius 2 is 1.88 bits per heavy atom. The highest BCUT2D eigenvalue weighted by atomic mass is 79.9. The Morgan fingerprint density at radius 1 is 1.20 bits per heavy atom. The Bertz CT molecular complexity index is 710. The van der Waals surface area contributed by atoms with Gasteiger partial charge in [0.1, 0.15) is 0 Å². The second-order valence-corrected chi connectivity index (χ2v) is 7.11. The van der Waals surface area contributed by atoms with Crippen LogP contribution in [0.1, 0.15) is 24.0 Å². The molecule has 2 aromatic rings. The summed E-state index contributed by atoms with van der Waals surface area (Å²) in [7, 11) is 0. The quantitative estimate of drug-likeness (QED) is 0.619. The second kappa shape index (κ2) is 8.87. The maximum atomic E-state index is 12.2. The summed E-state index contributed by atoms with van der Waals surface area (Å²) in [5, 5.41) is 4.04. The van der Waals surface area contributed by atoms with Crippen molar-refractivity contribution in [2.45, 2.75) is 19.4 Å². The van der Waals surface area contributed by atoms with Crippen LogP contribution in [0.2, 0.25) is 0 Å². The molecule has 1 amide bonds. The topological polar surface area (TPSA) is 57.6 Å². The van der Waals surface area contributed by atoms with Crippen LogP contribution in [0.5, 0.6) is 0 Å². The highest BCUT2D eigenvalue weighted by Gasteiger charge is 2.24. The fourth-order valence-electron chi connectivity index (χ4n) is 2.91. The number of likely N-dealkylation sites (tertiary alicyclic amines) is 1. The molecule has 1 N–H and O–H groups in total. The summed E-state index contributed by atoms with van der Waals surface area (Å²) in [5.41, 5.74) is 4.87. The fourth-order valence-corrected chi connectivity index (χ4v) is 3.18. The molecule has 25 heavy (non-hydrogen) atoms. The van der Waals surface area contributed by atoms with Crippen LogP contribution in [0.15, 0.2) is 58.4 Å². The number of pyridine rings is 1. The number of hydrogen-bond donors (Lipinski definition) is 1. The molecule has 0 bridgehead atoms. The monoisotopic (exact) mass is 400 g/mol. The Balaban J connectivity index is 1.43. The molecule has 3 rings (SSSR count). The van der Waals surface area contributed by atoms with Gasteiger partial charge < -0.3 is 0 Å². The van der Waals surface area contributed by atoms with E-state index in [2.05, 4.69) is 60.6 Å². The molecule has 130 valence electrons. The van der Waals surface area contributed by atoms with Gasteiger partial charge in [-0.2, -0.15) is 5.10 Å². The van der Waals surface area contributed by atoms with Gasteiger partial charge in [0.2, 0.25) is 5.91 Å². The van der Waals surface area contributed by atoms with Gasteiger partial charge in [0.05, 0.1) is 6.21 Å². The van der Waals surface area contributed by atoms with Crippen molar-refractivity contribution in [2.24, 2.45) is 11.0 Å². The van der Waals surface area contributed by atoms with Gasteiger partial charge in [-0.15, -0.1) is 0 Å². The standard InChI is InChI=1S/C19H21BrN4O/c20-18-3-1-16(2-4-18)14-24-11-7-17(8-12-24)19(25)23-22-13-15-5-9-21-10-6-15/h1-6,9-10,13,17H,7-8,11-12,14H2,(H,23,25)/b22-13+. The third kappa shape index (κ3) is 5.47. The van der Waals surface area contributed by atoms with Crippen molar-refractivity contribution in [2.75, 3.05) is 13.1 Å². The first-order valence-corrected chi connectivity index (χ1v) is 9.20. The average Bonchev–Trinajstić information content (AvgIpc) is 2.65. The van der Waals surface area contributed by atoms with Crippen molar-refractivity contribution >= 4 is 28.1 Å². The van der Waals surface area contributed by atoms with E-state index in [-0.39, 0.29) is 11.8 Å².